The van der Waals surface area contributed by atoms with Gasteiger partial charge in [-0.15, -0.1) is 0 Å². The summed E-state index contributed by atoms with van der Waals surface area (Å²) in [6.07, 6.45) is 3.00. The smallest absolute Gasteiger partial charge is 0.312 e. The first-order valence-electron chi connectivity index (χ1n) is 10.1. The number of carbonyl (C=O) groups is 2. The molecule has 7 heteroatoms. The van der Waals surface area contributed by atoms with Gasteiger partial charge in [-0.25, -0.2) is 5.10 Å². The predicted octanol–water partition coefficient (Wildman–Crippen LogP) is 2.44. The highest BCUT2D eigenvalue weighted by Gasteiger charge is 2.50. The lowest BCUT2D eigenvalue weighted by molar-refractivity contribution is -0.152. The van der Waals surface area contributed by atoms with Crippen molar-refractivity contribution in [1.82, 2.24) is 15.1 Å². The average Bonchev–Trinajstić information content (AvgIpc) is 2.91. The molecule has 0 unspecified atom stereocenters. The van der Waals surface area contributed by atoms with Gasteiger partial charge in [-0.3, -0.25) is 14.4 Å². The van der Waals surface area contributed by atoms with Crippen LogP contribution in [0.2, 0.25) is 0 Å². The molecule has 1 N–H and O–H groups in total. The minimum absolute atomic E-state index is 0.0985. The van der Waals surface area contributed by atoms with Crippen molar-refractivity contribution >= 4 is 22.6 Å². The Morgan fingerprint density at radius 3 is 2.69 bits per heavy atom. The number of ether oxygens (including phenoxy) is 1. The normalized spacial score (nSPS) is 25.2. The molecule has 2 bridgehead atoms. The number of nitrogens with one attached hydrogen (secondary N) is 1. The second kappa shape index (κ2) is 6.97. The van der Waals surface area contributed by atoms with Gasteiger partial charge in [0.2, 0.25) is 0 Å². The van der Waals surface area contributed by atoms with Crippen LogP contribution < -0.4 is 5.56 Å². The van der Waals surface area contributed by atoms with Crippen LogP contribution in [-0.4, -0.2) is 46.2 Å². The molecular formula is C22H27N3O4. The van der Waals surface area contributed by atoms with Crippen LogP contribution in [0.4, 0.5) is 0 Å². The highest BCUT2D eigenvalue weighted by atomic mass is 16.5. The van der Waals surface area contributed by atoms with E-state index < -0.39 is 5.97 Å². The Morgan fingerprint density at radius 1 is 1.21 bits per heavy atom. The number of hydrogen-bond donors (Lipinski definition) is 1. The number of likely N-dealkylation sites (tertiary alicyclic amines) is 1. The van der Waals surface area contributed by atoms with Gasteiger partial charge in [0.15, 0.2) is 6.61 Å². The topological polar surface area (TPSA) is 92.4 Å². The van der Waals surface area contributed by atoms with E-state index >= 15 is 0 Å². The van der Waals surface area contributed by atoms with Crippen molar-refractivity contribution in [2.45, 2.75) is 52.5 Å². The number of esters is 1. The molecule has 1 aliphatic heterocycles. The molecule has 2 heterocycles. The number of amides is 1. The summed E-state index contributed by atoms with van der Waals surface area (Å²) in [5.41, 5.74) is 0.499. The number of hydrogen-bond acceptors (Lipinski definition) is 5. The third-order valence-corrected chi connectivity index (χ3v) is 6.18. The zero-order valence-electron chi connectivity index (χ0n) is 17.2. The van der Waals surface area contributed by atoms with Crippen LogP contribution >= 0.6 is 0 Å². The van der Waals surface area contributed by atoms with E-state index in [-0.39, 0.29) is 41.4 Å². The maximum absolute atomic E-state index is 12.7. The number of aromatic amines is 1. The Hall–Kier alpha value is -2.70. The van der Waals surface area contributed by atoms with Crippen molar-refractivity contribution in [3.63, 3.8) is 0 Å². The summed E-state index contributed by atoms with van der Waals surface area (Å²) in [7, 11) is 0. The van der Waals surface area contributed by atoms with Crippen molar-refractivity contribution in [2.75, 3.05) is 13.2 Å². The monoisotopic (exact) mass is 397 g/mol. The Morgan fingerprint density at radius 2 is 1.93 bits per heavy atom. The predicted molar refractivity (Wildman–Crippen MR) is 108 cm³/mol. The van der Waals surface area contributed by atoms with E-state index in [1.165, 1.54) is 0 Å². The molecule has 0 radical (unpaired) electrons. The zero-order valence-corrected chi connectivity index (χ0v) is 17.2. The van der Waals surface area contributed by atoms with Crippen molar-refractivity contribution in [3.8, 4) is 0 Å². The first-order valence-corrected chi connectivity index (χ1v) is 10.1. The minimum Gasteiger partial charge on any atom is -0.455 e. The van der Waals surface area contributed by atoms with E-state index in [4.69, 9.17) is 4.74 Å². The van der Waals surface area contributed by atoms with Crippen molar-refractivity contribution in [3.05, 3.63) is 40.3 Å². The Balaban J connectivity index is 1.39. The Labute approximate surface area is 169 Å². The molecule has 2 aromatic rings. The maximum atomic E-state index is 12.7. The van der Waals surface area contributed by atoms with E-state index in [2.05, 4.69) is 31.0 Å². The Bertz CT molecular complexity index is 1030. The third-order valence-electron chi connectivity index (χ3n) is 6.18. The van der Waals surface area contributed by atoms with Crippen LogP contribution in [0.1, 0.15) is 45.7 Å². The fourth-order valence-electron chi connectivity index (χ4n) is 5.47. The molecule has 29 heavy (non-hydrogen) atoms. The number of H-pyrrole nitrogens is 1. The van der Waals surface area contributed by atoms with E-state index in [0.717, 1.165) is 25.8 Å². The van der Waals surface area contributed by atoms with Gasteiger partial charge < -0.3 is 9.64 Å². The van der Waals surface area contributed by atoms with Crippen LogP contribution in [0.15, 0.2) is 29.1 Å². The summed E-state index contributed by atoms with van der Waals surface area (Å²) in [5, 5.41) is 7.48. The van der Waals surface area contributed by atoms with Gasteiger partial charge in [-0.1, -0.05) is 39.0 Å². The Kier molecular flexibility index (Phi) is 4.71. The van der Waals surface area contributed by atoms with Crippen molar-refractivity contribution in [2.24, 2.45) is 10.8 Å². The lowest BCUT2D eigenvalue weighted by atomic mass is 9.65. The number of aromatic nitrogens is 2. The first kappa shape index (κ1) is 19.6. The zero-order chi connectivity index (χ0) is 20.8. The fourth-order valence-corrected chi connectivity index (χ4v) is 5.47. The second-order valence-electron chi connectivity index (χ2n) is 9.62. The van der Waals surface area contributed by atoms with Gasteiger partial charge in [0.05, 0.1) is 17.5 Å². The number of carbonyl (C=O) groups excluding carboxylic acids is 2. The molecule has 2 atom stereocenters. The van der Waals surface area contributed by atoms with Gasteiger partial charge in [-0.05, 0) is 36.2 Å². The average molecular weight is 397 g/mol. The molecule has 1 saturated heterocycles. The number of rotatable bonds is 4. The molecule has 4 rings (SSSR count). The maximum Gasteiger partial charge on any atom is 0.312 e. The van der Waals surface area contributed by atoms with Crippen molar-refractivity contribution < 1.29 is 14.3 Å². The molecule has 7 nitrogen and oxygen atoms in total. The summed E-state index contributed by atoms with van der Waals surface area (Å²) in [6.45, 7) is 7.23. The lowest BCUT2D eigenvalue weighted by Gasteiger charge is -2.39. The number of fused-ring (bicyclic) bond motifs is 3. The van der Waals surface area contributed by atoms with Crippen LogP contribution in [0.5, 0.6) is 0 Å². The molecule has 0 spiro atoms. The molecule has 2 fully saturated rings. The van der Waals surface area contributed by atoms with Crippen LogP contribution in [-0.2, 0) is 20.7 Å². The fraction of sp³-hybridized carbons (Fsp3) is 0.545. The molecule has 1 aromatic carbocycles. The van der Waals surface area contributed by atoms with Crippen molar-refractivity contribution in [1.29, 1.82) is 0 Å². The number of nitrogens with zero attached hydrogens (tertiary/aromatic N) is 2. The first-order chi connectivity index (χ1) is 13.7. The quantitative estimate of drug-likeness (QED) is 0.800. The van der Waals surface area contributed by atoms with E-state index in [9.17, 15) is 14.4 Å². The minimum atomic E-state index is -0.531. The molecule has 1 aromatic heterocycles. The van der Waals surface area contributed by atoms with Gasteiger partial charge in [0.25, 0.3) is 11.5 Å². The number of benzene rings is 1. The summed E-state index contributed by atoms with van der Waals surface area (Å²) >= 11 is 0. The summed E-state index contributed by atoms with van der Waals surface area (Å²) in [5.74, 6) is -0.666. The van der Waals surface area contributed by atoms with Crippen LogP contribution in [0, 0.1) is 10.8 Å². The van der Waals surface area contributed by atoms with Gasteiger partial charge >= 0.3 is 5.97 Å². The van der Waals surface area contributed by atoms with Crippen LogP contribution in [0.3, 0.4) is 0 Å². The highest BCUT2D eigenvalue weighted by molar-refractivity contribution is 5.87. The van der Waals surface area contributed by atoms with E-state index in [0.29, 0.717) is 16.5 Å². The SMILES string of the molecule is CC1(C)C[C@@H]2C[C@@](C)(CN2C(=O)COC(=O)Cc2n[nH]c(=O)c3ccccc23)C1. The standard InChI is InChI=1S/C22H27N3O4/c1-21(2)9-14-10-22(3,12-21)13-25(14)18(26)11-29-19(27)8-17-15-6-4-5-7-16(15)20(28)24-23-17/h4-7,14H,8-13H2,1-3H3,(H,24,28)/t14-,22-/m1/s1. The molecule has 2 aliphatic rings. The van der Waals surface area contributed by atoms with Gasteiger partial charge in [0.1, 0.15) is 0 Å². The molecule has 1 aliphatic carbocycles. The molecule has 1 saturated carbocycles. The molecular weight excluding hydrogens is 370 g/mol. The summed E-state index contributed by atoms with van der Waals surface area (Å²) in [6, 6.07) is 7.20. The molecule has 1 amide bonds. The third kappa shape index (κ3) is 3.91. The highest BCUT2D eigenvalue weighted by Crippen LogP contribution is 2.52. The van der Waals surface area contributed by atoms with E-state index in [1.807, 2.05) is 4.90 Å². The largest absolute Gasteiger partial charge is 0.455 e. The van der Waals surface area contributed by atoms with Gasteiger partial charge in [-0.2, -0.15) is 5.10 Å². The van der Waals surface area contributed by atoms with Gasteiger partial charge in [0, 0.05) is 18.0 Å². The summed E-state index contributed by atoms with van der Waals surface area (Å²) < 4.78 is 5.27. The summed E-state index contributed by atoms with van der Waals surface area (Å²) in [4.78, 5) is 38.8. The molecule has 154 valence electrons. The van der Waals surface area contributed by atoms with Crippen LogP contribution in [0.25, 0.3) is 10.8 Å². The van der Waals surface area contributed by atoms with E-state index in [1.54, 1.807) is 24.3 Å². The second-order valence-corrected chi connectivity index (χ2v) is 9.62. The lowest BCUT2D eigenvalue weighted by Crippen LogP contribution is -2.40.